The van der Waals surface area contributed by atoms with Gasteiger partial charge in [0.05, 0.1) is 7.11 Å². The van der Waals surface area contributed by atoms with Crippen LogP contribution in [-0.2, 0) is 6.54 Å². The van der Waals surface area contributed by atoms with Gasteiger partial charge >= 0.3 is 0 Å². The summed E-state index contributed by atoms with van der Waals surface area (Å²) in [6.07, 6.45) is 3.50. The van der Waals surface area contributed by atoms with E-state index in [0.717, 1.165) is 25.9 Å². The summed E-state index contributed by atoms with van der Waals surface area (Å²) >= 11 is 0. The van der Waals surface area contributed by atoms with E-state index in [2.05, 4.69) is 17.1 Å². The smallest absolute Gasteiger partial charge is 0.169 e. The monoisotopic (exact) mass is 280 g/mol. The fourth-order valence-electron chi connectivity index (χ4n) is 2.78. The lowest BCUT2D eigenvalue weighted by molar-refractivity contribution is 0.197. The van der Waals surface area contributed by atoms with Gasteiger partial charge in [0.1, 0.15) is 0 Å². The molecule has 1 N–H and O–H groups in total. The summed E-state index contributed by atoms with van der Waals surface area (Å²) in [6.45, 7) is 6.27. The van der Waals surface area contributed by atoms with Crippen LogP contribution in [0.25, 0.3) is 0 Å². The van der Waals surface area contributed by atoms with E-state index in [9.17, 15) is 4.39 Å². The molecule has 0 atom stereocenters. The fraction of sp³-hybridized carbons (Fsp3) is 0.625. The predicted molar refractivity (Wildman–Crippen MR) is 79.5 cm³/mol. The van der Waals surface area contributed by atoms with Crippen LogP contribution in [0.3, 0.4) is 0 Å². The maximum Gasteiger partial charge on any atom is 0.169 e. The third kappa shape index (κ3) is 3.93. The molecule has 1 aromatic rings. The SMILES string of the molecule is CCCN1CCC(NCc2cccc(OC)c2F)CC1. The zero-order valence-electron chi connectivity index (χ0n) is 12.5. The Hall–Kier alpha value is -1.13. The number of nitrogens with zero attached hydrogens (tertiary/aromatic N) is 1. The highest BCUT2D eigenvalue weighted by molar-refractivity contribution is 5.30. The first-order chi connectivity index (χ1) is 9.74. The second-order valence-corrected chi connectivity index (χ2v) is 5.43. The molecular formula is C16H25FN2O. The molecule has 1 aliphatic rings. The van der Waals surface area contributed by atoms with Gasteiger partial charge in [0.15, 0.2) is 11.6 Å². The lowest BCUT2D eigenvalue weighted by atomic mass is 10.0. The van der Waals surface area contributed by atoms with Gasteiger partial charge in [-0.25, -0.2) is 4.39 Å². The van der Waals surface area contributed by atoms with Gasteiger partial charge in [-0.3, -0.25) is 0 Å². The number of nitrogens with one attached hydrogen (secondary N) is 1. The maximum absolute atomic E-state index is 14.0. The Morgan fingerprint density at radius 3 is 2.75 bits per heavy atom. The highest BCUT2D eigenvalue weighted by Gasteiger charge is 2.18. The Morgan fingerprint density at radius 1 is 1.35 bits per heavy atom. The van der Waals surface area contributed by atoms with Gasteiger partial charge in [0, 0.05) is 18.2 Å². The lowest BCUT2D eigenvalue weighted by Gasteiger charge is -2.32. The van der Waals surface area contributed by atoms with Crippen LogP contribution in [0.5, 0.6) is 5.75 Å². The first-order valence-electron chi connectivity index (χ1n) is 7.51. The molecule has 0 unspecified atom stereocenters. The van der Waals surface area contributed by atoms with Crippen molar-refractivity contribution in [3.05, 3.63) is 29.6 Å². The first-order valence-corrected chi connectivity index (χ1v) is 7.51. The van der Waals surface area contributed by atoms with E-state index in [-0.39, 0.29) is 5.82 Å². The van der Waals surface area contributed by atoms with E-state index >= 15 is 0 Å². The van der Waals surface area contributed by atoms with E-state index in [4.69, 9.17) is 4.74 Å². The third-order valence-corrected chi connectivity index (χ3v) is 3.97. The van der Waals surface area contributed by atoms with Crippen LogP contribution in [-0.4, -0.2) is 37.7 Å². The molecule has 0 saturated carbocycles. The molecular weight excluding hydrogens is 255 g/mol. The van der Waals surface area contributed by atoms with Crippen molar-refractivity contribution in [1.29, 1.82) is 0 Å². The van der Waals surface area contributed by atoms with E-state index in [1.165, 1.54) is 20.1 Å². The van der Waals surface area contributed by atoms with Crippen LogP contribution in [0.2, 0.25) is 0 Å². The van der Waals surface area contributed by atoms with E-state index in [1.807, 2.05) is 12.1 Å². The number of methoxy groups -OCH3 is 1. The molecule has 3 nitrogen and oxygen atoms in total. The van der Waals surface area contributed by atoms with Crippen LogP contribution >= 0.6 is 0 Å². The van der Waals surface area contributed by atoms with Gasteiger partial charge in [0.25, 0.3) is 0 Å². The molecule has 1 aromatic carbocycles. The fourth-order valence-corrected chi connectivity index (χ4v) is 2.78. The van der Waals surface area contributed by atoms with E-state index in [0.29, 0.717) is 23.9 Å². The van der Waals surface area contributed by atoms with Crippen LogP contribution in [0.15, 0.2) is 18.2 Å². The number of hydrogen-bond donors (Lipinski definition) is 1. The summed E-state index contributed by atoms with van der Waals surface area (Å²) in [5.41, 5.74) is 0.681. The number of hydrogen-bond acceptors (Lipinski definition) is 3. The van der Waals surface area contributed by atoms with Crippen molar-refractivity contribution in [2.45, 2.75) is 38.8 Å². The Kier molecular flexibility index (Phi) is 5.80. The van der Waals surface area contributed by atoms with Crippen LogP contribution in [0, 0.1) is 5.82 Å². The van der Waals surface area contributed by atoms with Crippen molar-refractivity contribution in [2.75, 3.05) is 26.7 Å². The van der Waals surface area contributed by atoms with Crippen LogP contribution in [0.4, 0.5) is 4.39 Å². The minimum absolute atomic E-state index is 0.245. The minimum Gasteiger partial charge on any atom is -0.494 e. The normalized spacial score (nSPS) is 17.4. The molecule has 20 heavy (non-hydrogen) atoms. The number of benzene rings is 1. The molecule has 1 fully saturated rings. The molecule has 0 aromatic heterocycles. The molecule has 112 valence electrons. The van der Waals surface area contributed by atoms with Gasteiger partial charge in [0.2, 0.25) is 0 Å². The molecule has 1 heterocycles. The van der Waals surface area contributed by atoms with Gasteiger partial charge in [-0.1, -0.05) is 19.1 Å². The first kappa shape index (κ1) is 15.3. The zero-order chi connectivity index (χ0) is 14.4. The van der Waals surface area contributed by atoms with Crippen LogP contribution < -0.4 is 10.1 Å². The maximum atomic E-state index is 14.0. The Bertz CT molecular complexity index is 417. The second kappa shape index (κ2) is 7.60. The number of likely N-dealkylation sites (tertiary alicyclic amines) is 1. The summed E-state index contributed by atoms with van der Waals surface area (Å²) in [7, 11) is 1.50. The summed E-state index contributed by atoms with van der Waals surface area (Å²) < 4.78 is 19.0. The predicted octanol–water partition coefficient (Wildman–Crippen LogP) is 2.80. The van der Waals surface area contributed by atoms with Gasteiger partial charge in [-0.05, 0) is 45.0 Å². The van der Waals surface area contributed by atoms with Crippen molar-refractivity contribution in [3.8, 4) is 5.75 Å². The van der Waals surface area contributed by atoms with Crippen molar-refractivity contribution >= 4 is 0 Å². The third-order valence-electron chi connectivity index (χ3n) is 3.97. The number of rotatable bonds is 6. The summed E-state index contributed by atoms with van der Waals surface area (Å²) in [5.74, 6) is 0.0768. The zero-order valence-corrected chi connectivity index (χ0v) is 12.5. The van der Waals surface area contributed by atoms with Crippen molar-refractivity contribution in [1.82, 2.24) is 10.2 Å². The van der Waals surface area contributed by atoms with Gasteiger partial charge in [-0.15, -0.1) is 0 Å². The average molecular weight is 280 g/mol. The van der Waals surface area contributed by atoms with E-state index < -0.39 is 0 Å². The molecule has 0 aliphatic carbocycles. The summed E-state index contributed by atoms with van der Waals surface area (Å²) in [5, 5.41) is 3.47. The largest absolute Gasteiger partial charge is 0.494 e. The topological polar surface area (TPSA) is 24.5 Å². The molecule has 0 bridgehead atoms. The summed E-state index contributed by atoms with van der Waals surface area (Å²) in [4.78, 5) is 2.50. The molecule has 1 saturated heterocycles. The van der Waals surface area contributed by atoms with Crippen LogP contribution in [0.1, 0.15) is 31.7 Å². The number of halogens is 1. The highest BCUT2D eigenvalue weighted by atomic mass is 19.1. The van der Waals surface area contributed by atoms with Crippen molar-refractivity contribution < 1.29 is 9.13 Å². The molecule has 1 aliphatic heterocycles. The lowest BCUT2D eigenvalue weighted by Crippen LogP contribution is -2.42. The molecule has 0 amide bonds. The van der Waals surface area contributed by atoms with Crippen molar-refractivity contribution in [3.63, 3.8) is 0 Å². The standard InChI is InChI=1S/C16H25FN2O/c1-3-9-19-10-7-14(8-11-19)18-12-13-5-4-6-15(20-2)16(13)17/h4-6,14,18H,3,7-12H2,1-2H3. The molecule has 0 radical (unpaired) electrons. The van der Waals surface area contributed by atoms with Crippen molar-refractivity contribution in [2.24, 2.45) is 0 Å². The molecule has 0 spiro atoms. The van der Waals surface area contributed by atoms with Gasteiger partial charge < -0.3 is 15.0 Å². The summed E-state index contributed by atoms with van der Waals surface area (Å²) in [6, 6.07) is 5.80. The highest BCUT2D eigenvalue weighted by Crippen LogP contribution is 2.20. The molecule has 2 rings (SSSR count). The molecule has 4 heteroatoms. The average Bonchev–Trinajstić information content (AvgIpc) is 2.48. The minimum atomic E-state index is -0.245. The van der Waals surface area contributed by atoms with Gasteiger partial charge in [-0.2, -0.15) is 0 Å². The van der Waals surface area contributed by atoms with E-state index in [1.54, 1.807) is 6.07 Å². The number of ether oxygens (including phenoxy) is 1. The Labute approximate surface area is 121 Å². The second-order valence-electron chi connectivity index (χ2n) is 5.43. The Balaban J connectivity index is 1.82. The Morgan fingerprint density at radius 2 is 2.10 bits per heavy atom. The quantitative estimate of drug-likeness (QED) is 0.867. The number of piperidine rings is 1.